The molecule has 0 bridgehead atoms. The van der Waals surface area contributed by atoms with Gasteiger partial charge in [-0.25, -0.2) is 4.79 Å². The molecule has 37 heavy (non-hydrogen) atoms. The molecule has 3 aromatic rings. The number of hydrogen-bond acceptors (Lipinski definition) is 5. The Balaban J connectivity index is 1.46. The van der Waals surface area contributed by atoms with E-state index >= 15 is 0 Å². The molecule has 0 spiro atoms. The van der Waals surface area contributed by atoms with E-state index in [9.17, 15) is 9.59 Å². The van der Waals surface area contributed by atoms with Gasteiger partial charge < -0.3 is 24.6 Å². The first kappa shape index (κ1) is 26.5. The minimum atomic E-state index is -0.227. The molecule has 1 N–H and O–H groups in total. The molecule has 0 unspecified atom stereocenters. The maximum atomic E-state index is 13.6. The number of nitrogens with one attached hydrogen (secondary N) is 1. The average molecular weight is 522 g/mol. The quantitative estimate of drug-likeness (QED) is 0.354. The maximum Gasteiger partial charge on any atom is 0.322 e. The highest BCUT2D eigenvalue weighted by Crippen LogP contribution is 2.29. The zero-order valence-corrected chi connectivity index (χ0v) is 22.8. The van der Waals surface area contributed by atoms with Crippen LogP contribution in [0.5, 0.6) is 11.5 Å². The molecule has 8 heteroatoms. The Kier molecular flexibility index (Phi) is 8.71. The van der Waals surface area contributed by atoms with Gasteiger partial charge in [0.15, 0.2) is 11.5 Å². The summed E-state index contributed by atoms with van der Waals surface area (Å²) in [4.78, 5) is 31.4. The normalized spacial score (nSPS) is 12.6. The van der Waals surface area contributed by atoms with Gasteiger partial charge in [-0.15, -0.1) is 11.3 Å². The van der Waals surface area contributed by atoms with E-state index in [1.165, 1.54) is 5.56 Å². The van der Waals surface area contributed by atoms with Crippen LogP contribution >= 0.6 is 11.3 Å². The summed E-state index contributed by atoms with van der Waals surface area (Å²) >= 11 is 1.63. The van der Waals surface area contributed by atoms with E-state index in [1.54, 1.807) is 30.5 Å². The molecule has 2 aromatic carbocycles. The number of thiophene rings is 1. The topological polar surface area (TPSA) is 71.1 Å². The fraction of sp³-hybridized carbons (Fsp3) is 0.379. The van der Waals surface area contributed by atoms with Crippen molar-refractivity contribution in [2.45, 2.75) is 45.7 Å². The van der Waals surface area contributed by atoms with Crippen LogP contribution in [0.1, 0.15) is 34.4 Å². The zero-order valence-electron chi connectivity index (χ0n) is 22.0. The van der Waals surface area contributed by atoms with Crippen LogP contribution in [0.25, 0.3) is 0 Å². The predicted molar refractivity (Wildman–Crippen MR) is 148 cm³/mol. The number of hydrogen-bond donors (Lipinski definition) is 1. The number of carbonyl (C=O) groups excluding carboxylic acids is 2. The van der Waals surface area contributed by atoms with Crippen molar-refractivity contribution in [3.63, 3.8) is 0 Å². The third-order valence-corrected chi connectivity index (χ3v) is 7.57. The summed E-state index contributed by atoms with van der Waals surface area (Å²) < 4.78 is 10.8. The number of urea groups is 1. The van der Waals surface area contributed by atoms with E-state index < -0.39 is 0 Å². The van der Waals surface area contributed by atoms with Crippen molar-refractivity contribution in [2.75, 3.05) is 32.6 Å². The van der Waals surface area contributed by atoms with E-state index in [-0.39, 0.29) is 24.5 Å². The molecule has 0 radical (unpaired) electrons. The Labute approximate surface area is 223 Å². The monoisotopic (exact) mass is 521 g/mol. The first-order chi connectivity index (χ1) is 17.9. The summed E-state index contributed by atoms with van der Waals surface area (Å²) in [5.74, 6) is 1.28. The minimum absolute atomic E-state index is 0.0542. The second-order valence-corrected chi connectivity index (χ2v) is 10.5. The highest BCUT2D eigenvalue weighted by molar-refractivity contribution is 7.09. The van der Waals surface area contributed by atoms with E-state index in [4.69, 9.17) is 9.47 Å². The fourth-order valence-corrected chi connectivity index (χ4v) is 4.92. The van der Waals surface area contributed by atoms with Crippen LogP contribution in [0.4, 0.5) is 10.5 Å². The van der Waals surface area contributed by atoms with Crippen LogP contribution in [0.3, 0.4) is 0 Å². The second kappa shape index (κ2) is 12.1. The third-order valence-electron chi connectivity index (χ3n) is 6.71. The van der Waals surface area contributed by atoms with Crippen LogP contribution in [-0.2, 0) is 17.8 Å². The number of anilines is 1. The van der Waals surface area contributed by atoms with Crippen LogP contribution in [-0.4, -0.2) is 55.1 Å². The van der Waals surface area contributed by atoms with Gasteiger partial charge in [0.2, 0.25) is 5.91 Å². The van der Waals surface area contributed by atoms with Gasteiger partial charge >= 0.3 is 6.03 Å². The molecular formula is C29H35N3O4S. The van der Waals surface area contributed by atoms with Gasteiger partial charge in [0, 0.05) is 23.2 Å². The Morgan fingerprint density at radius 1 is 1.00 bits per heavy atom. The molecule has 1 aromatic heterocycles. The molecule has 7 nitrogen and oxygen atoms in total. The smallest absolute Gasteiger partial charge is 0.322 e. The average Bonchev–Trinajstić information content (AvgIpc) is 3.61. The van der Waals surface area contributed by atoms with Crippen LogP contribution in [0.2, 0.25) is 0 Å². The molecule has 1 fully saturated rings. The lowest BCUT2D eigenvalue weighted by Gasteiger charge is -2.28. The van der Waals surface area contributed by atoms with Crippen molar-refractivity contribution < 1.29 is 19.1 Å². The highest BCUT2D eigenvalue weighted by Gasteiger charge is 2.35. The SMILES string of the molecule is COc1ccc(CCN(Cc2cccs2)C(=O)CN(C(=O)Nc2ccc(C)c(C)c2)C2CC2)cc1OC. The molecular weight excluding hydrogens is 486 g/mol. The molecule has 1 saturated carbocycles. The molecule has 1 aliphatic carbocycles. The summed E-state index contributed by atoms with van der Waals surface area (Å²) in [5.41, 5.74) is 4.08. The van der Waals surface area contributed by atoms with Gasteiger partial charge in [0.25, 0.3) is 0 Å². The number of amides is 3. The van der Waals surface area contributed by atoms with Crippen molar-refractivity contribution in [1.29, 1.82) is 0 Å². The molecule has 4 rings (SSSR count). The van der Waals surface area contributed by atoms with E-state index in [2.05, 4.69) is 5.32 Å². The first-order valence-corrected chi connectivity index (χ1v) is 13.4. The number of aryl methyl sites for hydroxylation is 2. The Hall–Kier alpha value is -3.52. The number of benzene rings is 2. The van der Waals surface area contributed by atoms with Crippen molar-refractivity contribution in [3.05, 3.63) is 75.5 Å². The van der Waals surface area contributed by atoms with Gasteiger partial charge in [-0.3, -0.25) is 4.79 Å². The lowest BCUT2D eigenvalue weighted by molar-refractivity contribution is -0.132. The third kappa shape index (κ3) is 7.04. The predicted octanol–water partition coefficient (Wildman–Crippen LogP) is 5.65. The van der Waals surface area contributed by atoms with Crippen molar-refractivity contribution >= 4 is 29.0 Å². The van der Waals surface area contributed by atoms with Crippen molar-refractivity contribution in [3.8, 4) is 11.5 Å². The van der Waals surface area contributed by atoms with Crippen molar-refractivity contribution in [2.24, 2.45) is 0 Å². The van der Waals surface area contributed by atoms with Gasteiger partial charge in [-0.2, -0.15) is 0 Å². The minimum Gasteiger partial charge on any atom is -0.493 e. The first-order valence-electron chi connectivity index (χ1n) is 12.5. The lowest BCUT2D eigenvalue weighted by Crippen LogP contribution is -2.45. The van der Waals surface area contributed by atoms with Crippen molar-refractivity contribution in [1.82, 2.24) is 9.80 Å². The van der Waals surface area contributed by atoms with Gasteiger partial charge in [0.05, 0.1) is 20.8 Å². The summed E-state index contributed by atoms with van der Waals surface area (Å²) in [6.07, 6.45) is 2.50. The zero-order chi connectivity index (χ0) is 26.4. The molecule has 1 aliphatic rings. The van der Waals surface area contributed by atoms with E-state index in [1.807, 2.05) is 72.7 Å². The standard InChI is InChI=1S/C29H35N3O4S/c1-20-7-9-23(16-21(20)2)30-29(34)32(24-10-11-24)19-28(33)31(18-25-6-5-15-37-25)14-13-22-8-12-26(35-3)27(17-22)36-4/h5-9,12,15-17,24H,10-11,13-14,18-19H2,1-4H3,(H,30,34). The van der Waals surface area contributed by atoms with E-state index in [0.717, 1.165) is 34.5 Å². The summed E-state index contributed by atoms with van der Waals surface area (Å²) in [6.45, 7) is 5.16. The Bertz CT molecular complexity index is 1220. The molecule has 0 atom stereocenters. The molecule has 0 aliphatic heterocycles. The summed E-state index contributed by atoms with van der Waals surface area (Å²) in [7, 11) is 3.23. The Morgan fingerprint density at radius 3 is 2.43 bits per heavy atom. The highest BCUT2D eigenvalue weighted by atomic mass is 32.1. The fourth-order valence-electron chi connectivity index (χ4n) is 4.20. The lowest BCUT2D eigenvalue weighted by atomic mass is 10.1. The molecule has 3 amide bonds. The number of ether oxygens (including phenoxy) is 2. The van der Waals surface area contributed by atoms with Gasteiger partial charge in [-0.1, -0.05) is 18.2 Å². The van der Waals surface area contributed by atoms with Gasteiger partial charge in [-0.05, 0) is 85.5 Å². The molecule has 196 valence electrons. The van der Waals surface area contributed by atoms with Crippen LogP contribution < -0.4 is 14.8 Å². The number of carbonyl (C=O) groups is 2. The number of rotatable bonds is 11. The van der Waals surface area contributed by atoms with Crippen LogP contribution in [0, 0.1) is 13.8 Å². The number of nitrogens with zero attached hydrogens (tertiary/aromatic N) is 2. The summed E-state index contributed by atoms with van der Waals surface area (Å²) in [5, 5.41) is 5.01. The van der Waals surface area contributed by atoms with Gasteiger partial charge in [0.1, 0.15) is 6.54 Å². The van der Waals surface area contributed by atoms with Crippen LogP contribution in [0.15, 0.2) is 53.9 Å². The Morgan fingerprint density at radius 2 is 1.78 bits per heavy atom. The molecule has 1 heterocycles. The largest absolute Gasteiger partial charge is 0.493 e. The van der Waals surface area contributed by atoms with E-state index in [0.29, 0.717) is 31.0 Å². The molecule has 0 saturated heterocycles. The summed E-state index contributed by atoms with van der Waals surface area (Å²) in [6, 6.07) is 15.6. The second-order valence-electron chi connectivity index (χ2n) is 9.42. The maximum absolute atomic E-state index is 13.6. The number of methoxy groups -OCH3 is 2.